The highest BCUT2D eigenvalue weighted by molar-refractivity contribution is 8.26. The minimum atomic E-state index is -0.454. The molecule has 1 aliphatic rings. The number of furan rings is 1. The molecule has 1 amide bonds. The summed E-state index contributed by atoms with van der Waals surface area (Å²) in [5, 5.41) is 3.31. The van der Waals surface area contributed by atoms with Crippen molar-refractivity contribution in [2.24, 2.45) is 0 Å². The third-order valence-electron chi connectivity index (χ3n) is 3.96. The number of hydrogen-bond donors (Lipinski definition) is 1. The number of ether oxygens (including phenoxy) is 1. The van der Waals surface area contributed by atoms with Crippen LogP contribution in [0.25, 0.3) is 28.2 Å². The van der Waals surface area contributed by atoms with Crippen LogP contribution in [0.5, 0.6) is 5.75 Å². The van der Waals surface area contributed by atoms with Crippen LogP contribution in [0.2, 0.25) is 0 Å². The number of carbonyl (C=O) groups excluding carboxylic acids is 1. The Bertz CT molecular complexity index is 1140. The molecule has 0 bridgehead atoms. The molecule has 0 radical (unpaired) electrons. The number of aromatic nitrogens is 1. The molecule has 3 heterocycles. The Labute approximate surface area is 170 Å². The molecular formula is C20H15FN2O3S2. The van der Waals surface area contributed by atoms with Crippen molar-refractivity contribution in [3.8, 4) is 16.9 Å². The number of nitrogens with zero attached hydrogens (tertiary/aromatic N) is 1. The number of pyridine rings is 1. The van der Waals surface area contributed by atoms with Crippen LogP contribution in [0.1, 0.15) is 19.6 Å². The van der Waals surface area contributed by atoms with Gasteiger partial charge in [0.15, 0.2) is 11.6 Å². The van der Waals surface area contributed by atoms with Gasteiger partial charge in [-0.25, -0.2) is 4.39 Å². The van der Waals surface area contributed by atoms with Crippen molar-refractivity contribution < 1.29 is 18.3 Å². The van der Waals surface area contributed by atoms with Crippen LogP contribution >= 0.6 is 24.0 Å². The molecule has 0 aliphatic carbocycles. The molecule has 8 heteroatoms. The second-order valence-corrected chi connectivity index (χ2v) is 8.14. The van der Waals surface area contributed by atoms with Gasteiger partial charge in [-0.1, -0.05) is 30.0 Å². The third kappa shape index (κ3) is 3.65. The lowest BCUT2D eigenvalue weighted by Crippen LogP contribution is -2.17. The first-order valence-electron chi connectivity index (χ1n) is 8.49. The van der Waals surface area contributed by atoms with Crippen molar-refractivity contribution in [2.45, 2.75) is 20.0 Å². The van der Waals surface area contributed by atoms with Crippen molar-refractivity contribution in [1.82, 2.24) is 10.3 Å². The molecule has 1 N–H and O–H groups in total. The molecule has 142 valence electrons. The minimum absolute atomic E-state index is 0.121. The van der Waals surface area contributed by atoms with E-state index in [0.29, 0.717) is 31.7 Å². The molecule has 5 nitrogen and oxygen atoms in total. The van der Waals surface area contributed by atoms with Crippen molar-refractivity contribution in [2.75, 3.05) is 0 Å². The SMILES string of the molecule is CC(C)Oc1ccc(-c2cncc3cc(/C=C4\SC(=S)NC4=O)oc23)cc1F. The molecule has 3 aromatic rings. The molecule has 0 atom stereocenters. The van der Waals surface area contributed by atoms with Gasteiger partial charge < -0.3 is 14.5 Å². The zero-order valence-corrected chi connectivity index (χ0v) is 16.6. The quantitative estimate of drug-likeness (QED) is 0.483. The maximum atomic E-state index is 14.4. The molecule has 0 spiro atoms. The lowest BCUT2D eigenvalue weighted by Gasteiger charge is -2.11. The number of hydrogen-bond acceptors (Lipinski definition) is 6. The number of rotatable bonds is 4. The van der Waals surface area contributed by atoms with Gasteiger partial charge in [0, 0.05) is 29.4 Å². The van der Waals surface area contributed by atoms with Gasteiger partial charge in [-0.05, 0) is 37.6 Å². The van der Waals surface area contributed by atoms with E-state index >= 15 is 0 Å². The number of benzene rings is 1. The number of thiocarbonyl (C=S) groups is 1. The third-order valence-corrected chi connectivity index (χ3v) is 5.13. The summed E-state index contributed by atoms with van der Waals surface area (Å²) in [6.45, 7) is 3.68. The molecule has 2 aromatic heterocycles. The molecule has 4 rings (SSSR count). The van der Waals surface area contributed by atoms with Crippen LogP contribution in [0.4, 0.5) is 4.39 Å². The van der Waals surface area contributed by atoms with Gasteiger partial charge in [0.05, 0.1) is 11.0 Å². The van der Waals surface area contributed by atoms with Crippen LogP contribution in [0.15, 0.2) is 46.0 Å². The lowest BCUT2D eigenvalue weighted by atomic mass is 10.1. The molecule has 0 saturated carbocycles. The fraction of sp³-hybridized carbons (Fsp3) is 0.150. The lowest BCUT2D eigenvalue weighted by molar-refractivity contribution is -0.115. The maximum absolute atomic E-state index is 14.4. The number of nitrogens with one attached hydrogen (secondary N) is 1. The maximum Gasteiger partial charge on any atom is 0.263 e. The Morgan fingerprint density at radius 3 is 2.82 bits per heavy atom. The van der Waals surface area contributed by atoms with Crippen molar-refractivity contribution in [3.05, 3.63) is 53.1 Å². The average Bonchev–Trinajstić information content (AvgIpc) is 3.18. The molecular weight excluding hydrogens is 399 g/mol. The molecule has 1 aliphatic heterocycles. The average molecular weight is 414 g/mol. The van der Waals surface area contributed by atoms with Crippen molar-refractivity contribution in [1.29, 1.82) is 0 Å². The summed E-state index contributed by atoms with van der Waals surface area (Å²) in [5.41, 5.74) is 1.83. The zero-order valence-electron chi connectivity index (χ0n) is 15.0. The van der Waals surface area contributed by atoms with E-state index < -0.39 is 5.82 Å². The Kier molecular flexibility index (Phi) is 4.91. The summed E-state index contributed by atoms with van der Waals surface area (Å²) in [5.74, 6) is -0.0166. The second kappa shape index (κ2) is 7.37. The number of carbonyl (C=O) groups is 1. The number of thioether (sulfide) groups is 1. The van der Waals surface area contributed by atoms with E-state index in [1.165, 1.54) is 17.8 Å². The summed E-state index contributed by atoms with van der Waals surface area (Å²) in [4.78, 5) is 16.5. The van der Waals surface area contributed by atoms with E-state index in [1.54, 1.807) is 36.7 Å². The van der Waals surface area contributed by atoms with E-state index in [9.17, 15) is 9.18 Å². The number of amides is 1. The van der Waals surface area contributed by atoms with E-state index in [-0.39, 0.29) is 17.8 Å². The molecule has 0 unspecified atom stereocenters. The standard InChI is InChI=1S/C20H15FN2O3S2/c1-10(2)25-16-4-3-11(6-15(16)21)14-9-22-8-12-5-13(26-18(12)14)7-17-19(24)23-20(27)28-17/h3-10H,1-2H3,(H,23,24,27)/b17-7-. The minimum Gasteiger partial charge on any atom is -0.488 e. The van der Waals surface area contributed by atoms with E-state index in [0.717, 1.165) is 5.39 Å². The predicted octanol–water partition coefficient (Wildman–Crippen LogP) is 4.91. The van der Waals surface area contributed by atoms with Gasteiger partial charge in [-0.2, -0.15) is 0 Å². The first kappa shape index (κ1) is 18.6. The van der Waals surface area contributed by atoms with Gasteiger partial charge in [-0.3, -0.25) is 9.78 Å². The molecule has 28 heavy (non-hydrogen) atoms. The van der Waals surface area contributed by atoms with Crippen molar-refractivity contribution >= 4 is 51.3 Å². The number of fused-ring (bicyclic) bond motifs is 1. The summed E-state index contributed by atoms with van der Waals surface area (Å²) >= 11 is 6.17. The summed E-state index contributed by atoms with van der Waals surface area (Å²) < 4.78 is 26.2. The molecule has 1 saturated heterocycles. The van der Waals surface area contributed by atoms with Gasteiger partial charge in [0.1, 0.15) is 15.7 Å². The van der Waals surface area contributed by atoms with E-state index in [2.05, 4.69) is 10.3 Å². The normalized spacial score (nSPS) is 15.6. The summed E-state index contributed by atoms with van der Waals surface area (Å²) in [6.07, 6.45) is 4.78. The van der Waals surface area contributed by atoms with Gasteiger partial charge in [0.25, 0.3) is 5.91 Å². The molecule has 1 fully saturated rings. The fourth-order valence-corrected chi connectivity index (χ4v) is 3.85. The van der Waals surface area contributed by atoms with Gasteiger partial charge >= 0.3 is 0 Å². The Balaban J connectivity index is 1.74. The zero-order chi connectivity index (χ0) is 19.8. The monoisotopic (exact) mass is 414 g/mol. The number of halogens is 1. The summed E-state index contributed by atoms with van der Waals surface area (Å²) in [7, 11) is 0. The van der Waals surface area contributed by atoms with Crippen LogP contribution in [0.3, 0.4) is 0 Å². The van der Waals surface area contributed by atoms with Gasteiger partial charge in [0.2, 0.25) is 0 Å². The van der Waals surface area contributed by atoms with E-state index in [4.69, 9.17) is 21.4 Å². The van der Waals surface area contributed by atoms with Gasteiger partial charge in [-0.15, -0.1) is 0 Å². The smallest absolute Gasteiger partial charge is 0.263 e. The second-order valence-electron chi connectivity index (χ2n) is 6.42. The van der Waals surface area contributed by atoms with Crippen LogP contribution in [-0.2, 0) is 4.79 Å². The highest BCUT2D eigenvalue weighted by atomic mass is 32.2. The van der Waals surface area contributed by atoms with Crippen LogP contribution in [0, 0.1) is 5.82 Å². The Morgan fingerprint density at radius 1 is 1.32 bits per heavy atom. The first-order valence-corrected chi connectivity index (χ1v) is 9.72. The Hall–Kier alpha value is -2.71. The first-order chi connectivity index (χ1) is 13.4. The highest BCUT2D eigenvalue weighted by Crippen LogP contribution is 2.34. The largest absolute Gasteiger partial charge is 0.488 e. The fourth-order valence-electron chi connectivity index (χ4n) is 2.83. The predicted molar refractivity (Wildman–Crippen MR) is 111 cm³/mol. The molecule has 1 aromatic carbocycles. The highest BCUT2D eigenvalue weighted by Gasteiger charge is 2.23. The Morgan fingerprint density at radius 2 is 2.14 bits per heavy atom. The topological polar surface area (TPSA) is 64.4 Å². The van der Waals surface area contributed by atoms with E-state index in [1.807, 2.05) is 13.8 Å². The summed E-state index contributed by atoms with van der Waals surface area (Å²) in [6, 6.07) is 6.53. The van der Waals surface area contributed by atoms with Crippen LogP contribution < -0.4 is 10.1 Å². The van der Waals surface area contributed by atoms with Crippen LogP contribution in [-0.4, -0.2) is 21.3 Å². The van der Waals surface area contributed by atoms with Crippen molar-refractivity contribution in [3.63, 3.8) is 0 Å².